The fourth-order valence-corrected chi connectivity index (χ4v) is 7.13. The Hall–Kier alpha value is -2.14. The van der Waals surface area contributed by atoms with Crippen molar-refractivity contribution < 1.29 is 22.7 Å². The number of ether oxygens (including phenoxy) is 2. The SMILES string of the molecule is O=C(CN1CCN(Cc2ccc3c(c2)OCO3)CC1)N(Cc1cccs1)[C@H]1CCS(=O)(=O)C1. The van der Waals surface area contributed by atoms with Gasteiger partial charge in [0.05, 0.1) is 24.6 Å². The first-order valence-electron chi connectivity index (χ1n) is 11.3. The lowest BCUT2D eigenvalue weighted by Crippen LogP contribution is -2.51. The molecule has 4 heterocycles. The summed E-state index contributed by atoms with van der Waals surface area (Å²) in [6.07, 6.45) is 0.531. The smallest absolute Gasteiger partial charge is 0.237 e. The van der Waals surface area contributed by atoms with Crippen molar-refractivity contribution in [3.8, 4) is 11.5 Å². The Bertz CT molecular complexity index is 1080. The highest BCUT2D eigenvalue weighted by Gasteiger charge is 2.35. The van der Waals surface area contributed by atoms with Crippen LogP contribution in [-0.2, 0) is 27.7 Å². The molecule has 0 bridgehead atoms. The van der Waals surface area contributed by atoms with Crippen LogP contribution in [0.25, 0.3) is 0 Å². The highest BCUT2D eigenvalue weighted by atomic mass is 32.2. The molecule has 0 unspecified atom stereocenters. The molecule has 1 amide bonds. The Kier molecular flexibility index (Phi) is 6.60. The number of fused-ring (bicyclic) bond motifs is 1. The fraction of sp³-hybridized carbons (Fsp3) is 0.522. The lowest BCUT2D eigenvalue weighted by molar-refractivity contribution is -0.135. The van der Waals surface area contributed by atoms with Gasteiger partial charge in [0.2, 0.25) is 12.7 Å². The number of carbonyl (C=O) groups excluding carboxylic acids is 1. The van der Waals surface area contributed by atoms with Crippen molar-refractivity contribution in [1.82, 2.24) is 14.7 Å². The summed E-state index contributed by atoms with van der Waals surface area (Å²) >= 11 is 1.60. The average molecular weight is 492 g/mol. The second kappa shape index (κ2) is 9.61. The van der Waals surface area contributed by atoms with Crippen LogP contribution in [0, 0.1) is 0 Å². The molecule has 8 nitrogen and oxygen atoms in total. The van der Waals surface area contributed by atoms with E-state index in [2.05, 4.69) is 15.9 Å². The number of hydrogen-bond acceptors (Lipinski definition) is 8. The molecule has 1 atom stereocenters. The maximum atomic E-state index is 13.3. The largest absolute Gasteiger partial charge is 0.454 e. The maximum Gasteiger partial charge on any atom is 0.237 e. The fourth-order valence-electron chi connectivity index (χ4n) is 4.70. The summed E-state index contributed by atoms with van der Waals surface area (Å²) in [4.78, 5) is 20.7. The number of sulfone groups is 1. The van der Waals surface area contributed by atoms with Crippen molar-refractivity contribution in [1.29, 1.82) is 0 Å². The van der Waals surface area contributed by atoms with E-state index in [1.165, 1.54) is 5.56 Å². The number of benzene rings is 1. The van der Waals surface area contributed by atoms with Gasteiger partial charge in [0.1, 0.15) is 0 Å². The van der Waals surface area contributed by atoms with Crippen molar-refractivity contribution in [2.75, 3.05) is 51.0 Å². The third-order valence-electron chi connectivity index (χ3n) is 6.54. The molecule has 2 fully saturated rings. The minimum absolute atomic E-state index is 0.0229. The molecule has 5 rings (SSSR count). The Balaban J connectivity index is 1.16. The second-order valence-corrected chi connectivity index (χ2v) is 12.2. The molecule has 0 saturated carbocycles. The van der Waals surface area contributed by atoms with Crippen LogP contribution in [0.2, 0.25) is 0 Å². The van der Waals surface area contributed by atoms with E-state index in [1.807, 2.05) is 29.6 Å². The Labute approximate surface area is 198 Å². The van der Waals surface area contributed by atoms with E-state index in [-0.39, 0.29) is 30.2 Å². The van der Waals surface area contributed by atoms with Crippen molar-refractivity contribution in [2.45, 2.75) is 25.6 Å². The van der Waals surface area contributed by atoms with Crippen LogP contribution in [0.3, 0.4) is 0 Å². The molecule has 2 aromatic rings. The molecule has 0 spiro atoms. The Morgan fingerprint density at radius 3 is 2.61 bits per heavy atom. The summed E-state index contributed by atoms with van der Waals surface area (Å²) in [5.74, 6) is 1.87. The summed E-state index contributed by atoms with van der Waals surface area (Å²) in [7, 11) is -3.05. The van der Waals surface area contributed by atoms with Gasteiger partial charge in [-0.1, -0.05) is 12.1 Å². The zero-order chi connectivity index (χ0) is 22.8. The zero-order valence-corrected chi connectivity index (χ0v) is 20.2. The van der Waals surface area contributed by atoms with Crippen molar-refractivity contribution in [3.05, 3.63) is 46.2 Å². The molecular weight excluding hydrogens is 462 g/mol. The standard InChI is InChI=1S/C23H29N3O5S2/c27-23(26(14-20-2-1-10-32-20)19-5-11-33(28,29)16-19)15-25-8-6-24(7-9-25)13-18-3-4-21-22(12-18)31-17-30-21/h1-4,10,12,19H,5-9,11,13-17H2/t19-/m0/s1. The van der Waals surface area contributed by atoms with Crippen LogP contribution in [0.5, 0.6) is 11.5 Å². The molecule has 1 aromatic carbocycles. The van der Waals surface area contributed by atoms with Gasteiger partial charge < -0.3 is 14.4 Å². The van der Waals surface area contributed by atoms with E-state index in [0.717, 1.165) is 49.1 Å². The number of nitrogens with zero attached hydrogens (tertiary/aromatic N) is 3. The van der Waals surface area contributed by atoms with Gasteiger partial charge in [0.25, 0.3) is 0 Å². The third-order valence-corrected chi connectivity index (χ3v) is 9.15. The van der Waals surface area contributed by atoms with Crippen LogP contribution in [0.4, 0.5) is 0 Å². The highest BCUT2D eigenvalue weighted by Crippen LogP contribution is 2.33. The van der Waals surface area contributed by atoms with Crippen LogP contribution in [-0.4, -0.2) is 86.1 Å². The van der Waals surface area contributed by atoms with E-state index >= 15 is 0 Å². The zero-order valence-electron chi connectivity index (χ0n) is 18.5. The normalized spacial score (nSPS) is 22.5. The molecule has 0 aliphatic carbocycles. The summed E-state index contributed by atoms with van der Waals surface area (Å²) in [6, 6.07) is 9.81. The number of amides is 1. The summed E-state index contributed by atoms with van der Waals surface area (Å²) in [5.41, 5.74) is 1.19. The molecule has 10 heteroatoms. The summed E-state index contributed by atoms with van der Waals surface area (Å²) in [5, 5.41) is 1.99. The topological polar surface area (TPSA) is 79.4 Å². The third kappa shape index (κ3) is 5.51. The van der Waals surface area contributed by atoms with Gasteiger partial charge in [0, 0.05) is 43.6 Å². The number of thiophene rings is 1. The van der Waals surface area contributed by atoms with Gasteiger partial charge in [0.15, 0.2) is 21.3 Å². The number of rotatable bonds is 7. The highest BCUT2D eigenvalue weighted by molar-refractivity contribution is 7.91. The molecule has 1 aromatic heterocycles. The quantitative estimate of drug-likeness (QED) is 0.585. The number of piperazine rings is 1. The van der Waals surface area contributed by atoms with Crippen molar-refractivity contribution in [2.24, 2.45) is 0 Å². The van der Waals surface area contributed by atoms with E-state index in [1.54, 1.807) is 16.2 Å². The molecule has 33 heavy (non-hydrogen) atoms. The van der Waals surface area contributed by atoms with Gasteiger partial charge in [-0.2, -0.15) is 0 Å². The molecule has 0 radical (unpaired) electrons. The molecule has 3 aliphatic heterocycles. The second-order valence-electron chi connectivity index (χ2n) is 8.90. The molecular formula is C23H29N3O5S2. The minimum Gasteiger partial charge on any atom is -0.454 e. The summed E-state index contributed by atoms with van der Waals surface area (Å²) < 4.78 is 34.9. The minimum atomic E-state index is -3.05. The van der Waals surface area contributed by atoms with Gasteiger partial charge in [-0.3, -0.25) is 14.6 Å². The van der Waals surface area contributed by atoms with Crippen LogP contribution >= 0.6 is 11.3 Å². The molecule has 0 N–H and O–H groups in total. The van der Waals surface area contributed by atoms with E-state index in [0.29, 0.717) is 19.5 Å². The van der Waals surface area contributed by atoms with Crippen molar-refractivity contribution >= 4 is 27.1 Å². The van der Waals surface area contributed by atoms with Gasteiger partial charge in [-0.15, -0.1) is 11.3 Å². The molecule has 178 valence electrons. The molecule has 3 aliphatic rings. The van der Waals surface area contributed by atoms with Gasteiger partial charge in [-0.25, -0.2) is 8.42 Å². The Morgan fingerprint density at radius 1 is 1.09 bits per heavy atom. The van der Waals surface area contributed by atoms with Crippen LogP contribution in [0.15, 0.2) is 35.7 Å². The maximum absolute atomic E-state index is 13.3. The van der Waals surface area contributed by atoms with E-state index in [9.17, 15) is 13.2 Å². The lowest BCUT2D eigenvalue weighted by atomic mass is 10.1. The molecule has 2 saturated heterocycles. The monoisotopic (exact) mass is 491 g/mol. The predicted molar refractivity (Wildman–Crippen MR) is 126 cm³/mol. The Morgan fingerprint density at radius 2 is 1.88 bits per heavy atom. The van der Waals surface area contributed by atoms with Crippen molar-refractivity contribution in [3.63, 3.8) is 0 Å². The lowest BCUT2D eigenvalue weighted by Gasteiger charge is -2.36. The number of carbonyl (C=O) groups is 1. The first-order valence-corrected chi connectivity index (χ1v) is 14.0. The van der Waals surface area contributed by atoms with Crippen LogP contribution in [0.1, 0.15) is 16.9 Å². The van der Waals surface area contributed by atoms with E-state index in [4.69, 9.17) is 9.47 Å². The predicted octanol–water partition coefficient (Wildman–Crippen LogP) is 1.81. The van der Waals surface area contributed by atoms with Crippen LogP contribution < -0.4 is 9.47 Å². The van der Waals surface area contributed by atoms with E-state index < -0.39 is 9.84 Å². The first kappa shape index (κ1) is 22.6. The van der Waals surface area contributed by atoms with Gasteiger partial charge in [-0.05, 0) is 35.6 Å². The first-order chi connectivity index (χ1) is 15.9. The summed E-state index contributed by atoms with van der Waals surface area (Å²) in [6.45, 7) is 5.32. The number of hydrogen-bond donors (Lipinski definition) is 0. The average Bonchev–Trinajstić information content (AvgIpc) is 3.54. The van der Waals surface area contributed by atoms with Gasteiger partial charge >= 0.3 is 0 Å².